The number of hydrogen-bond acceptors (Lipinski definition) is 7. The first-order valence-electron chi connectivity index (χ1n) is 8.99. The maximum absolute atomic E-state index is 12.4. The highest BCUT2D eigenvalue weighted by Crippen LogP contribution is 2.31. The number of carbonyl (C=O) groups excluding carboxylic acids is 2. The van der Waals surface area contributed by atoms with Crippen molar-refractivity contribution in [2.75, 3.05) is 36.5 Å². The van der Waals surface area contributed by atoms with Crippen molar-refractivity contribution in [3.05, 3.63) is 42.4 Å². The van der Waals surface area contributed by atoms with Crippen molar-refractivity contribution in [3.63, 3.8) is 0 Å². The van der Waals surface area contributed by atoms with Gasteiger partial charge in [-0.3, -0.25) is 9.59 Å². The third-order valence-corrected chi connectivity index (χ3v) is 5.49. The molecule has 2 amide bonds. The number of anilines is 2. The molecule has 2 aromatic heterocycles. The second-order valence-electron chi connectivity index (χ2n) is 6.44. The van der Waals surface area contributed by atoms with E-state index in [1.807, 2.05) is 18.2 Å². The monoisotopic (exact) mass is 400 g/mol. The first-order chi connectivity index (χ1) is 13.6. The SMILES string of the molecule is C[C@H](NC(=O)c1ccco1)C(=O)Nc1ccc2nc(N3CCOCC3)sc2c1. The van der Waals surface area contributed by atoms with Crippen LogP contribution in [0.25, 0.3) is 10.2 Å². The molecule has 1 aromatic carbocycles. The Balaban J connectivity index is 1.42. The lowest BCUT2D eigenvalue weighted by Crippen LogP contribution is -2.41. The number of thiazole rings is 1. The van der Waals surface area contributed by atoms with Crippen LogP contribution in [0.5, 0.6) is 0 Å². The Kier molecular flexibility index (Phi) is 5.27. The molecule has 0 unspecified atom stereocenters. The molecule has 28 heavy (non-hydrogen) atoms. The van der Waals surface area contributed by atoms with Crippen LogP contribution in [0.1, 0.15) is 17.5 Å². The Morgan fingerprint density at radius 3 is 2.82 bits per heavy atom. The molecular weight excluding hydrogens is 380 g/mol. The average Bonchev–Trinajstić information content (AvgIpc) is 3.38. The summed E-state index contributed by atoms with van der Waals surface area (Å²) in [4.78, 5) is 31.3. The normalized spacial score (nSPS) is 15.4. The number of furan rings is 1. The average molecular weight is 400 g/mol. The topological polar surface area (TPSA) is 96.7 Å². The summed E-state index contributed by atoms with van der Waals surface area (Å²) >= 11 is 1.59. The van der Waals surface area contributed by atoms with Gasteiger partial charge in [0.05, 0.1) is 29.7 Å². The highest BCUT2D eigenvalue weighted by atomic mass is 32.1. The number of fused-ring (bicyclic) bond motifs is 1. The van der Waals surface area contributed by atoms with Gasteiger partial charge in [-0.2, -0.15) is 0 Å². The summed E-state index contributed by atoms with van der Waals surface area (Å²) in [6.45, 7) is 4.70. The fraction of sp³-hybridized carbons (Fsp3) is 0.316. The summed E-state index contributed by atoms with van der Waals surface area (Å²) in [5, 5.41) is 6.41. The second-order valence-corrected chi connectivity index (χ2v) is 7.45. The van der Waals surface area contributed by atoms with E-state index < -0.39 is 11.9 Å². The molecule has 8 nitrogen and oxygen atoms in total. The first kappa shape index (κ1) is 18.5. The fourth-order valence-electron chi connectivity index (χ4n) is 2.87. The summed E-state index contributed by atoms with van der Waals surface area (Å²) in [6.07, 6.45) is 1.41. The van der Waals surface area contributed by atoms with E-state index in [0.29, 0.717) is 18.9 Å². The molecule has 1 atom stereocenters. The minimum Gasteiger partial charge on any atom is -0.459 e. The maximum atomic E-state index is 12.4. The van der Waals surface area contributed by atoms with Gasteiger partial charge in [0.1, 0.15) is 6.04 Å². The van der Waals surface area contributed by atoms with E-state index in [4.69, 9.17) is 9.15 Å². The molecular formula is C19H20N4O4S. The highest BCUT2D eigenvalue weighted by molar-refractivity contribution is 7.22. The molecule has 0 spiro atoms. The lowest BCUT2D eigenvalue weighted by molar-refractivity contribution is -0.117. The Morgan fingerprint density at radius 1 is 1.25 bits per heavy atom. The van der Waals surface area contributed by atoms with Gasteiger partial charge < -0.3 is 24.7 Å². The van der Waals surface area contributed by atoms with E-state index in [1.165, 1.54) is 6.26 Å². The van der Waals surface area contributed by atoms with E-state index >= 15 is 0 Å². The van der Waals surface area contributed by atoms with Crippen LogP contribution in [-0.2, 0) is 9.53 Å². The van der Waals surface area contributed by atoms with Crippen LogP contribution in [-0.4, -0.2) is 49.1 Å². The van der Waals surface area contributed by atoms with Gasteiger partial charge >= 0.3 is 0 Å². The van der Waals surface area contributed by atoms with Crippen molar-refractivity contribution in [2.45, 2.75) is 13.0 Å². The van der Waals surface area contributed by atoms with E-state index in [9.17, 15) is 9.59 Å². The zero-order valence-electron chi connectivity index (χ0n) is 15.3. The molecule has 4 rings (SSSR count). The van der Waals surface area contributed by atoms with E-state index in [2.05, 4.69) is 20.5 Å². The molecule has 0 saturated carbocycles. The summed E-state index contributed by atoms with van der Waals surface area (Å²) < 4.78 is 11.4. The molecule has 1 fully saturated rings. The zero-order chi connectivity index (χ0) is 19.5. The Labute approximate surface area is 165 Å². The standard InChI is InChI=1S/C19H20N4O4S/c1-12(20-18(25)15-3-2-8-27-15)17(24)21-13-4-5-14-16(11-13)28-19(22-14)23-6-9-26-10-7-23/h2-5,8,11-12H,6-7,9-10H2,1H3,(H,20,25)(H,21,24)/t12-/m0/s1. The number of ether oxygens (including phenoxy) is 1. The number of nitrogens with zero attached hydrogens (tertiary/aromatic N) is 2. The van der Waals surface area contributed by atoms with Gasteiger partial charge in [-0.25, -0.2) is 4.98 Å². The summed E-state index contributed by atoms with van der Waals surface area (Å²) in [5.74, 6) is -0.570. The Hall–Kier alpha value is -2.91. The van der Waals surface area contributed by atoms with Crippen molar-refractivity contribution >= 4 is 44.2 Å². The molecule has 1 aliphatic rings. The predicted octanol–water partition coefficient (Wildman–Crippen LogP) is 2.48. The van der Waals surface area contributed by atoms with E-state index in [1.54, 1.807) is 30.4 Å². The number of nitrogens with one attached hydrogen (secondary N) is 2. The van der Waals surface area contributed by atoms with E-state index in [0.717, 1.165) is 28.4 Å². The third kappa shape index (κ3) is 4.00. The zero-order valence-corrected chi connectivity index (χ0v) is 16.1. The van der Waals surface area contributed by atoms with Crippen molar-refractivity contribution in [3.8, 4) is 0 Å². The van der Waals surface area contributed by atoms with Crippen molar-refractivity contribution in [2.24, 2.45) is 0 Å². The maximum Gasteiger partial charge on any atom is 0.287 e. The van der Waals surface area contributed by atoms with Crippen molar-refractivity contribution in [1.82, 2.24) is 10.3 Å². The smallest absolute Gasteiger partial charge is 0.287 e. The van der Waals surface area contributed by atoms with E-state index in [-0.39, 0.29) is 11.7 Å². The Bertz CT molecular complexity index is 979. The van der Waals surface area contributed by atoms with Crippen LogP contribution < -0.4 is 15.5 Å². The second kappa shape index (κ2) is 7.99. The van der Waals surface area contributed by atoms with Crippen LogP contribution in [0.3, 0.4) is 0 Å². The number of aromatic nitrogens is 1. The molecule has 9 heteroatoms. The van der Waals surface area contributed by atoms with Crippen molar-refractivity contribution in [1.29, 1.82) is 0 Å². The van der Waals surface area contributed by atoms with Gasteiger partial charge in [0.25, 0.3) is 5.91 Å². The number of hydrogen-bond donors (Lipinski definition) is 2. The first-order valence-corrected chi connectivity index (χ1v) is 9.80. The summed E-state index contributed by atoms with van der Waals surface area (Å²) in [5.41, 5.74) is 1.55. The van der Waals surface area contributed by atoms with Gasteiger partial charge in [-0.05, 0) is 37.3 Å². The van der Waals surface area contributed by atoms with Gasteiger partial charge in [0.15, 0.2) is 10.9 Å². The van der Waals surface area contributed by atoms with Crippen LogP contribution in [0.4, 0.5) is 10.8 Å². The summed E-state index contributed by atoms with van der Waals surface area (Å²) in [7, 11) is 0. The van der Waals surface area contributed by atoms with Gasteiger partial charge in [-0.1, -0.05) is 11.3 Å². The van der Waals surface area contributed by atoms with Gasteiger partial charge in [0, 0.05) is 18.8 Å². The lowest BCUT2D eigenvalue weighted by atomic mass is 10.2. The van der Waals surface area contributed by atoms with Crippen LogP contribution in [0.15, 0.2) is 41.0 Å². The number of rotatable bonds is 5. The number of amides is 2. The minimum absolute atomic E-state index is 0.168. The highest BCUT2D eigenvalue weighted by Gasteiger charge is 2.19. The molecule has 3 aromatic rings. The molecule has 146 valence electrons. The predicted molar refractivity (Wildman–Crippen MR) is 107 cm³/mol. The molecule has 0 radical (unpaired) electrons. The minimum atomic E-state index is -0.710. The third-order valence-electron chi connectivity index (χ3n) is 4.41. The number of carbonyl (C=O) groups is 2. The Morgan fingerprint density at radius 2 is 2.07 bits per heavy atom. The quantitative estimate of drug-likeness (QED) is 0.683. The summed E-state index contributed by atoms with van der Waals surface area (Å²) in [6, 6.07) is 8.05. The molecule has 2 N–H and O–H groups in total. The molecule has 0 aliphatic carbocycles. The van der Waals surface area contributed by atoms with Gasteiger partial charge in [0.2, 0.25) is 5.91 Å². The number of morpholine rings is 1. The molecule has 0 bridgehead atoms. The van der Waals surface area contributed by atoms with Crippen LogP contribution in [0.2, 0.25) is 0 Å². The number of benzene rings is 1. The molecule has 1 aliphatic heterocycles. The van der Waals surface area contributed by atoms with Gasteiger partial charge in [-0.15, -0.1) is 0 Å². The van der Waals surface area contributed by atoms with Crippen LogP contribution in [0, 0.1) is 0 Å². The van der Waals surface area contributed by atoms with Crippen molar-refractivity contribution < 1.29 is 18.7 Å². The van der Waals surface area contributed by atoms with Crippen LogP contribution >= 0.6 is 11.3 Å². The largest absolute Gasteiger partial charge is 0.459 e. The lowest BCUT2D eigenvalue weighted by Gasteiger charge is -2.25. The fourth-order valence-corrected chi connectivity index (χ4v) is 3.93. The molecule has 3 heterocycles. The molecule has 1 saturated heterocycles.